The molecule has 6 heteroatoms. The first kappa shape index (κ1) is 14.5. The lowest BCUT2D eigenvalue weighted by atomic mass is 10.1. The average Bonchev–Trinajstić information content (AvgIpc) is 2.43. The van der Waals surface area contributed by atoms with Crippen molar-refractivity contribution >= 4 is 9.84 Å². The summed E-state index contributed by atoms with van der Waals surface area (Å²) in [6.45, 7) is 2.31. The van der Waals surface area contributed by atoms with Gasteiger partial charge in [-0.05, 0) is 43.9 Å². The molecule has 0 amide bonds. The summed E-state index contributed by atoms with van der Waals surface area (Å²) in [4.78, 5) is -0.810. The Bertz CT molecular complexity index is 694. The van der Waals surface area contributed by atoms with E-state index in [2.05, 4.69) is 5.32 Å². The smallest absolute Gasteiger partial charge is 0.221 e. The van der Waals surface area contributed by atoms with Crippen molar-refractivity contribution in [3.63, 3.8) is 0 Å². The fraction of sp³-hybridized carbons (Fsp3) is 0.357. The molecular weight excluding hydrogens is 279 g/mol. The van der Waals surface area contributed by atoms with Crippen molar-refractivity contribution in [2.45, 2.75) is 31.1 Å². The molecule has 1 fully saturated rings. The summed E-state index contributed by atoms with van der Waals surface area (Å²) in [6.07, 6.45) is 2.25. The van der Waals surface area contributed by atoms with Gasteiger partial charge in [0.25, 0.3) is 0 Å². The van der Waals surface area contributed by atoms with Crippen molar-refractivity contribution in [3.05, 3.63) is 40.2 Å². The minimum Gasteiger partial charge on any atom is -0.387 e. The van der Waals surface area contributed by atoms with Crippen LogP contribution in [-0.2, 0) is 9.84 Å². The summed E-state index contributed by atoms with van der Waals surface area (Å²) < 4.78 is 38.7. The second-order valence-corrected chi connectivity index (χ2v) is 6.60. The van der Waals surface area contributed by atoms with Crippen LogP contribution in [0, 0.1) is 24.1 Å². The van der Waals surface area contributed by atoms with E-state index in [1.54, 1.807) is 13.0 Å². The number of allylic oxidation sites excluding steroid dienone is 2. The van der Waals surface area contributed by atoms with E-state index >= 15 is 0 Å². The van der Waals surface area contributed by atoms with Crippen LogP contribution in [-0.4, -0.2) is 15.0 Å². The molecule has 1 aliphatic rings. The molecule has 1 heterocycles. The number of nitrogens with zero attached hydrogens (tertiary/aromatic N) is 1. The summed E-state index contributed by atoms with van der Waals surface area (Å²) in [5.41, 5.74) is 1.02. The maximum absolute atomic E-state index is 13.8. The van der Waals surface area contributed by atoms with Gasteiger partial charge in [-0.1, -0.05) is 6.07 Å². The molecule has 4 nitrogen and oxygen atoms in total. The van der Waals surface area contributed by atoms with Gasteiger partial charge in [0.1, 0.15) is 16.8 Å². The average molecular weight is 294 g/mol. The molecule has 106 valence electrons. The molecule has 0 bridgehead atoms. The zero-order chi connectivity index (χ0) is 14.8. The Kier molecular flexibility index (Phi) is 4.09. The lowest BCUT2D eigenvalue weighted by Crippen LogP contribution is -2.24. The highest BCUT2D eigenvalue weighted by Gasteiger charge is 2.28. The highest BCUT2D eigenvalue weighted by Crippen LogP contribution is 2.27. The van der Waals surface area contributed by atoms with Crippen LogP contribution in [0.2, 0.25) is 0 Å². The molecule has 0 spiro atoms. The van der Waals surface area contributed by atoms with Crippen molar-refractivity contribution in [2.24, 2.45) is 0 Å². The third-order valence-corrected chi connectivity index (χ3v) is 4.98. The molecule has 20 heavy (non-hydrogen) atoms. The van der Waals surface area contributed by atoms with Gasteiger partial charge < -0.3 is 5.32 Å². The van der Waals surface area contributed by atoms with Gasteiger partial charge in [0.2, 0.25) is 9.84 Å². The second-order valence-electron chi connectivity index (χ2n) is 4.74. The van der Waals surface area contributed by atoms with E-state index in [0.717, 1.165) is 18.9 Å². The summed E-state index contributed by atoms with van der Waals surface area (Å²) in [6, 6.07) is 5.57. The molecule has 0 aliphatic carbocycles. The van der Waals surface area contributed by atoms with Gasteiger partial charge in [-0.2, -0.15) is 5.26 Å². The van der Waals surface area contributed by atoms with Crippen LogP contribution >= 0.6 is 0 Å². The van der Waals surface area contributed by atoms with Gasteiger partial charge in [0.05, 0.1) is 0 Å². The Labute approximate surface area is 117 Å². The van der Waals surface area contributed by atoms with E-state index in [1.165, 1.54) is 12.1 Å². The number of aryl methyl sites for hydroxylation is 1. The highest BCUT2D eigenvalue weighted by molar-refractivity contribution is 7.95. The van der Waals surface area contributed by atoms with Crippen LogP contribution in [0.5, 0.6) is 0 Å². The van der Waals surface area contributed by atoms with Crippen LogP contribution in [0.15, 0.2) is 33.7 Å². The monoisotopic (exact) mass is 294 g/mol. The number of hydrogen-bond acceptors (Lipinski definition) is 4. The van der Waals surface area contributed by atoms with Gasteiger partial charge >= 0.3 is 0 Å². The summed E-state index contributed by atoms with van der Waals surface area (Å²) in [5, 5.41) is 12.1. The fourth-order valence-corrected chi connectivity index (χ4v) is 3.67. The largest absolute Gasteiger partial charge is 0.387 e. The highest BCUT2D eigenvalue weighted by atomic mass is 32.2. The Hall–Kier alpha value is -1.87. The molecule has 1 aliphatic heterocycles. The van der Waals surface area contributed by atoms with E-state index < -0.39 is 20.5 Å². The molecule has 0 aromatic heterocycles. The number of rotatable bonds is 2. The maximum atomic E-state index is 13.8. The lowest BCUT2D eigenvalue weighted by molar-refractivity contribution is 0.565. The number of halogens is 1. The minimum absolute atomic E-state index is 0.373. The predicted octanol–water partition coefficient (Wildman–Crippen LogP) is 2.42. The van der Waals surface area contributed by atoms with E-state index in [4.69, 9.17) is 0 Å². The SMILES string of the molecule is Cc1ccc(F)c(S(=O)(=O)/C(C#N)=C2\CCCCN2)c1. The van der Waals surface area contributed by atoms with Gasteiger partial charge in [-0.15, -0.1) is 0 Å². The van der Waals surface area contributed by atoms with Gasteiger partial charge in [-0.3, -0.25) is 0 Å². The van der Waals surface area contributed by atoms with E-state index in [9.17, 15) is 18.1 Å². The number of sulfone groups is 1. The van der Waals surface area contributed by atoms with Crippen molar-refractivity contribution in [2.75, 3.05) is 6.54 Å². The van der Waals surface area contributed by atoms with Crippen molar-refractivity contribution in [1.82, 2.24) is 5.32 Å². The Morgan fingerprint density at radius 3 is 2.75 bits per heavy atom. The quantitative estimate of drug-likeness (QED) is 0.850. The van der Waals surface area contributed by atoms with Crippen molar-refractivity contribution < 1.29 is 12.8 Å². The second kappa shape index (κ2) is 5.63. The zero-order valence-corrected chi connectivity index (χ0v) is 11.9. The molecule has 1 saturated heterocycles. The molecule has 0 unspecified atom stereocenters. The number of hydrogen-bond donors (Lipinski definition) is 1. The zero-order valence-electron chi connectivity index (χ0n) is 11.1. The molecule has 0 radical (unpaired) electrons. The molecule has 1 aromatic rings. The maximum Gasteiger partial charge on any atom is 0.221 e. The number of benzene rings is 1. The summed E-state index contributed by atoms with van der Waals surface area (Å²) in [5.74, 6) is -0.834. The molecule has 1 aromatic carbocycles. The Morgan fingerprint density at radius 1 is 1.40 bits per heavy atom. The van der Waals surface area contributed by atoms with Crippen molar-refractivity contribution in [1.29, 1.82) is 5.26 Å². The third kappa shape index (κ3) is 2.68. The molecule has 2 rings (SSSR count). The first-order valence-electron chi connectivity index (χ1n) is 6.35. The van der Waals surface area contributed by atoms with Gasteiger partial charge in [0.15, 0.2) is 4.91 Å². The normalized spacial score (nSPS) is 18.1. The van der Waals surface area contributed by atoms with Crippen LogP contribution in [0.4, 0.5) is 4.39 Å². The first-order chi connectivity index (χ1) is 9.46. The molecule has 1 N–H and O–H groups in total. The van der Waals surface area contributed by atoms with E-state index in [1.807, 2.05) is 0 Å². The number of nitrogens with one attached hydrogen (secondary N) is 1. The first-order valence-corrected chi connectivity index (χ1v) is 7.83. The van der Waals surface area contributed by atoms with E-state index in [-0.39, 0.29) is 4.91 Å². The standard InChI is InChI=1S/C14H15FN2O2S/c1-10-5-6-11(15)13(8-10)20(18,19)14(9-16)12-4-2-3-7-17-12/h5-6,8,17H,2-4,7H2,1H3/b14-12+. The fourth-order valence-electron chi connectivity index (χ4n) is 2.16. The van der Waals surface area contributed by atoms with E-state index in [0.29, 0.717) is 24.2 Å². The molecular formula is C14H15FN2O2S. The number of piperidine rings is 1. The Balaban J connectivity index is 2.59. The molecule has 0 saturated carbocycles. The Morgan fingerprint density at radius 2 is 2.15 bits per heavy atom. The van der Waals surface area contributed by atoms with Gasteiger partial charge in [0, 0.05) is 12.2 Å². The van der Waals surface area contributed by atoms with Gasteiger partial charge in [-0.25, -0.2) is 12.8 Å². The summed E-state index contributed by atoms with van der Waals surface area (Å²) >= 11 is 0. The summed E-state index contributed by atoms with van der Waals surface area (Å²) in [7, 11) is -4.12. The topological polar surface area (TPSA) is 70.0 Å². The predicted molar refractivity (Wildman–Crippen MR) is 72.8 cm³/mol. The third-order valence-electron chi connectivity index (χ3n) is 3.21. The minimum atomic E-state index is -4.12. The van der Waals surface area contributed by atoms with Crippen LogP contribution in [0.1, 0.15) is 24.8 Å². The van der Waals surface area contributed by atoms with Crippen molar-refractivity contribution in [3.8, 4) is 6.07 Å². The van der Waals surface area contributed by atoms with Crippen LogP contribution in [0.3, 0.4) is 0 Å². The number of nitriles is 1. The lowest BCUT2D eigenvalue weighted by Gasteiger charge is -2.18. The van der Waals surface area contributed by atoms with Crippen LogP contribution in [0.25, 0.3) is 0 Å². The van der Waals surface area contributed by atoms with Crippen LogP contribution < -0.4 is 5.32 Å². The molecule has 0 atom stereocenters.